The highest BCUT2D eigenvalue weighted by Gasteiger charge is 2.63. The van der Waals surface area contributed by atoms with Gasteiger partial charge in [-0.15, -0.1) is 0 Å². The van der Waals surface area contributed by atoms with Crippen LogP contribution >= 0.6 is 34.8 Å². The Morgan fingerprint density at radius 3 is 2.22 bits per heavy atom. The second-order valence-corrected chi connectivity index (χ2v) is 10.3. The lowest BCUT2D eigenvalue weighted by Crippen LogP contribution is -2.33. The Labute approximate surface area is 203 Å². The molecule has 2 bridgehead atoms. The third-order valence-corrected chi connectivity index (χ3v) is 8.42. The quantitative estimate of drug-likeness (QED) is 0.463. The molecule has 168 valence electrons. The van der Waals surface area contributed by atoms with Crippen LogP contribution in [0.4, 0.5) is 0 Å². The molecule has 2 heterocycles. The molecular weight excluding hydrogens is 467 g/mol. The van der Waals surface area contributed by atoms with Crippen molar-refractivity contribution in [3.63, 3.8) is 0 Å². The molecule has 1 N–H and O–H groups in total. The highest BCUT2D eigenvalue weighted by molar-refractivity contribution is 6.43. The van der Waals surface area contributed by atoms with Crippen molar-refractivity contribution in [3.05, 3.63) is 72.9 Å². The van der Waals surface area contributed by atoms with Crippen molar-refractivity contribution in [2.24, 2.45) is 11.8 Å². The second kappa shape index (κ2) is 8.06. The molecule has 0 radical (unpaired) electrons. The fraction of sp³-hybridized carbons (Fsp3) is 0.423. The van der Waals surface area contributed by atoms with Crippen LogP contribution in [-0.2, 0) is 22.4 Å². The summed E-state index contributed by atoms with van der Waals surface area (Å²) in [6.07, 6.45) is 1.71. The number of aliphatic hydroxyl groups is 1. The number of ether oxygens (including phenoxy) is 1. The number of ketones is 1. The van der Waals surface area contributed by atoms with E-state index in [2.05, 4.69) is 32.9 Å². The maximum absolute atomic E-state index is 13.7. The molecule has 2 saturated heterocycles. The van der Waals surface area contributed by atoms with Gasteiger partial charge in [-0.05, 0) is 60.6 Å². The van der Waals surface area contributed by atoms with Gasteiger partial charge in [-0.25, -0.2) is 0 Å². The van der Waals surface area contributed by atoms with Crippen LogP contribution in [0, 0.1) is 18.8 Å². The van der Waals surface area contributed by atoms with Gasteiger partial charge in [0.1, 0.15) is 5.76 Å². The number of carbonyl (C=O) groups is 1. The first-order valence-corrected chi connectivity index (χ1v) is 12.3. The molecule has 3 nitrogen and oxygen atoms in total. The van der Waals surface area contributed by atoms with Crippen LogP contribution in [0.25, 0.3) is 5.57 Å². The van der Waals surface area contributed by atoms with E-state index >= 15 is 0 Å². The van der Waals surface area contributed by atoms with E-state index in [0.717, 1.165) is 35.1 Å². The molecule has 5 atom stereocenters. The van der Waals surface area contributed by atoms with Gasteiger partial charge < -0.3 is 9.84 Å². The number of hydrogen-bond donors (Lipinski definition) is 1. The smallest absolute Gasteiger partial charge is 0.173 e. The van der Waals surface area contributed by atoms with Gasteiger partial charge >= 0.3 is 0 Å². The maximum Gasteiger partial charge on any atom is 0.173 e. The van der Waals surface area contributed by atoms with Crippen LogP contribution in [-0.4, -0.2) is 23.1 Å². The van der Waals surface area contributed by atoms with Crippen LogP contribution in [0.2, 0.25) is 15.1 Å². The van der Waals surface area contributed by atoms with E-state index in [1.54, 1.807) is 12.1 Å². The summed E-state index contributed by atoms with van der Waals surface area (Å²) < 4.78 is 6.24. The topological polar surface area (TPSA) is 46.5 Å². The zero-order chi connectivity index (χ0) is 22.9. The van der Waals surface area contributed by atoms with Gasteiger partial charge in [-0.3, -0.25) is 4.79 Å². The minimum absolute atomic E-state index is 0.00642. The van der Waals surface area contributed by atoms with E-state index in [9.17, 15) is 9.90 Å². The summed E-state index contributed by atoms with van der Waals surface area (Å²) >= 11 is 18.9. The number of benzene rings is 2. The van der Waals surface area contributed by atoms with Crippen molar-refractivity contribution in [2.75, 3.05) is 0 Å². The molecule has 0 spiro atoms. The molecule has 2 fully saturated rings. The summed E-state index contributed by atoms with van der Waals surface area (Å²) in [6, 6.07) is 7.69. The SMILES string of the molecule is CCc1cc(C)cc(CC)c1C1=C(O)[C@@H]2[C@@H]3OC(CC3c3cc(Cl)c(Cl)cc3Cl)[C@@H]2C1=O. The molecule has 0 amide bonds. The summed E-state index contributed by atoms with van der Waals surface area (Å²) in [5.41, 5.74) is 5.66. The number of halogens is 3. The third kappa shape index (κ3) is 3.16. The van der Waals surface area contributed by atoms with Crippen LogP contribution in [0.3, 0.4) is 0 Å². The van der Waals surface area contributed by atoms with E-state index in [1.807, 2.05) is 0 Å². The Morgan fingerprint density at radius 1 is 0.969 bits per heavy atom. The van der Waals surface area contributed by atoms with Gasteiger partial charge in [0, 0.05) is 10.9 Å². The van der Waals surface area contributed by atoms with Crippen molar-refractivity contribution in [1.29, 1.82) is 0 Å². The molecule has 0 aromatic heterocycles. The van der Waals surface area contributed by atoms with Crippen molar-refractivity contribution in [1.82, 2.24) is 0 Å². The van der Waals surface area contributed by atoms with Gasteiger partial charge in [0.15, 0.2) is 5.78 Å². The molecule has 2 aliphatic heterocycles. The summed E-state index contributed by atoms with van der Waals surface area (Å²) in [4.78, 5) is 13.7. The molecule has 0 saturated carbocycles. The number of aryl methyl sites for hydroxylation is 3. The number of hydrogen-bond acceptors (Lipinski definition) is 3. The van der Waals surface area contributed by atoms with E-state index in [4.69, 9.17) is 39.5 Å². The highest BCUT2D eigenvalue weighted by atomic mass is 35.5. The molecule has 32 heavy (non-hydrogen) atoms. The van der Waals surface area contributed by atoms with Crippen molar-refractivity contribution in [3.8, 4) is 0 Å². The lowest BCUT2D eigenvalue weighted by molar-refractivity contribution is -0.118. The van der Waals surface area contributed by atoms with Crippen molar-refractivity contribution in [2.45, 2.75) is 58.2 Å². The number of rotatable bonds is 4. The predicted octanol–water partition coefficient (Wildman–Crippen LogP) is 7.12. The molecule has 2 unspecified atom stereocenters. The molecular formula is C26H25Cl3O3. The van der Waals surface area contributed by atoms with Crippen LogP contribution < -0.4 is 0 Å². The molecule has 2 aromatic rings. The Bertz CT molecular complexity index is 1140. The standard InChI is InChI=1S/C26H25Cl3O3/c1-4-12-6-11(3)7-13(5-2)20(12)22-24(30)21-19-9-15(26(32-19)23(21)25(22)31)14-8-17(28)18(29)10-16(14)27/h6-8,10,15,19,21,23,26,31H,4-5,9H2,1-3H3/t15?,19?,21-,23+,26+/m0/s1. The zero-order valence-corrected chi connectivity index (χ0v) is 20.5. The Hall–Kier alpha value is -1.52. The lowest BCUT2D eigenvalue weighted by atomic mass is 9.72. The average molecular weight is 492 g/mol. The van der Waals surface area contributed by atoms with Crippen molar-refractivity contribution < 1.29 is 14.6 Å². The van der Waals surface area contributed by atoms with Gasteiger partial charge in [0.05, 0.1) is 39.7 Å². The third-order valence-electron chi connectivity index (χ3n) is 7.37. The Morgan fingerprint density at radius 2 is 1.59 bits per heavy atom. The number of Topliss-reactive ketones (excluding diaryl/α,β-unsaturated/α-hetero) is 1. The molecule has 3 aliphatic rings. The average Bonchev–Trinajstić information content (AvgIpc) is 3.42. The Kier molecular flexibility index (Phi) is 5.61. The van der Waals surface area contributed by atoms with Crippen LogP contribution in [0.1, 0.15) is 54.0 Å². The Balaban J connectivity index is 1.60. The van der Waals surface area contributed by atoms with Crippen LogP contribution in [0.5, 0.6) is 0 Å². The molecule has 5 rings (SSSR count). The normalized spacial score (nSPS) is 28.7. The lowest BCUT2D eigenvalue weighted by Gasteiger charge is -2.28. The first-order chi connectivity index (χ1) is 15.3. The summed E-state index contributed by atoms with van der Waals surface area (Å²) in [6.45, 7) is 6.25. The summed E-state index contributed by atoms with van der Waals surface area (Å²) in [5.74, 6) is -0.577. The van der Waals surface area contributed by atoms with Gasteiger partial charge in [0.2, 0.25) is 0 Å². The number of fused-ring (bicyclic) bond motifs is 5. The molecule has 6 heteroatoms. The monoisotopic (exact) mass is 490 g/mol. The number of allylic oxidation sites excluding steroid dienone is 1. The fourth-order valence-electron chi connectivity index (χ4n) is 6.05. The van der Waals surface area contributed by atoms with E-state index in [1.165, 1.54) is 5.56 Å². The minimum Gasteiger partial charge on any atom is -0.511 e. The van der Waals surface area contributed by atoms with Crippen molar-refractivity contribution >= 4 is 46.2 Å². The summed E-state index contributed by atoms with van der Waals surface area (Å²) in [7, 11) is 0. The fourth-order valence-corrected chi connectivity index (χ4v) is 6.75. The first kappa shape index (κ1) is 22.3. The maximum atomic E-state index is 13.7. The zero-order valence-electron chi connectivity index (χ0n) is 18.2. The number of carbonyl (C=O) groups excluding carboxylic acids is 1. The molecule has 1 aliphatic carbocycles. The first-order valence-electron chi connectivity index (χ1n) is 11.2. The largest absolute Gasteiger partial charge is 0.511 e. The van der Waals surface area contributed by atoms with Crippen LogP contribution in [0.15, 0.2) is 30.0 Å². The van der Waals surface area contributed by atoms with Gasteiger partial charge in [-0.1, -0.05) is 66.3 Å². The van der Waals surface area contributed by atoms with E-state index < -0.39 is 0 Å². The second-order valence-electron chi connectivity index (χ2n) is 9.11. The summed E-state index contributed by atoms with van der Waals surface area (Å²) in [5, 5.41) is 12.8. The predicted molar refractivity (Wildman–Crippen MR) is 129 cm³/mol. The molecule has 2 aromatic carbocycles. The van der Waals surface area contributed by atoms with Gasteiger partial charge in [0.25, 0.3) is 0 Å². The minimum atomic E-state index is -0.359. The van der Waals surface area contributed by atoms with E-state index in [-0.39, 0.29) is 41.5 Å². The number of aliphatic hydroxyl groups excluding tert-OH is 1. The highest BCUT2D eigenvalue weighted by Crippen LogP contribution is 2.59. The van der Waals surface area contributed by atoms with E-state index in [0.29, 0.717) is 27.1 Å². The van der Waals surface area contributed by atoms with Gasteiger partial charge in [-0.2, -0.15) is 0 Å².